The molecule has 0 aliphatic heterocycles. The summed E-state index contributed by atoms with van der Waals surface area (Å²) in [7, 11) is 0. The Morgan fingerprint density at radius 2 is 1.95 bits per heavy atom. The quantitative estimate of drug-likeness (QED) is 0.451. The zero-order valence-corrected chi connectivity index (χ0v) is 12.0. The summed E-state index contributed by atoms with van der Waals surface area (Å²) in [5, 5.41) is 11.0. The van der Waals surface area contributed by atoms with E-state index in [9.17, 15) is 10.1 Å². The molecule has 0 unspecified atom stereocenters. The molecule has 2 rings (SSSR count). The third kappa shape index (κ3) is 3.05. The molecule has 2 aromatic rings. The molecule has 6 heteroatoms. The van der Waals surface area contributed by atoms with Gasteiger partial charge in [-0.3, -0.25) is 10.1 Å². The van der Waals surface area contributed by atoms with Gasteiger partial charge in [-0.1, -0.05) is 24.3 Å². The topological polar surface area (TPSA) is 52.4 Å². The Labute approximate surface area is 123 Å². The Morgan fingerprint density at radius 1 is 1.21 bits per heavy atom. The van der Waals surface area contributed by atoms with Crippen molar-refractivity contribution >= 4 is 33.2 Å². The van der Waals surface area contributed by atoms with E-state index in [1.54, 1.807) is 24.3 Å². The lowest BCUT2D eigenvalue weighted by molar-refractivity contribution is -0.385. The molecular weight excluding hydrogens is 334 g/mol. The van der Waals surface area contributed by atoms with Crippen molar-refractivity contribution in [3.8, 4) is 11.5 Å². The summed E-state index contributed by atoms with van der Waals surface area (Å²) >= 11 is 9.07. The molecular formula is C13H9BrClNO3. The largest absolute Gasteiger partial charge is 0.449 e. The first-order chi connectivity index (χ1) is 9.13. The molecule has 0 aliphatic rings. The predicted octanol–water partition coefficient (Wildman–Crippen LogP) is 4.89. The first-order valence-corrected chi connectivity index (χ1v) is 6.71. The molecule has 98 valence electrons. The van der Waals surface area contributed by atoms with E-state index in [0.29, 0.717) is 10.2 Å². The van der Waals surface area contributed by atoms with E-state index in [2.05, 4.69) is 15.9 Å². The Kier molecular flexibility index (Phi) is 4.39. The lowest BCUT2D eigenvalue weighted by atomic mass is 10.2. The van der Waals surface area contributed by atoms with Gasteiger partial charge in [0, 0.05) is 11.6 Å². The number of nitro groups is 1. The number of hydrogen-bond acceptors (Lipinski definition) is 3. The minimum Gasteiger partial charge on any atom is -0.449 e. The number of nitro benzene ring substituents is 1. The highest BCUT2D eigenvalue weighted by molar-refractivity contribution is 9.10. The van der Waals surface area contributed by atoms with Gasteiger partial charge in [-0.05, 0) is 28.1 Å². The molecule has 2 aromatic carbocycles. The Bertz CT molecular complexity index is 619. The van der Waals surface area contributed by atoms with E-state index >= 15 is 0 Å². The second-order valence-electron chi connectivity index (χ2n) is 3.69. The summed E-state index contributed by atoms with van der Waals surface area (Å²) in [4.78, 5) is 10.5. The van der Waals surface area contributed by atoms with Crippen LogP contribution < -0.4 is 4.74 Å². The molecule has 0 fully saturated rings. The van der Waals surface area contributed by atoms with Gasteiger partial charge in [0.1, 0.15) is 5.75 Å². The minimum absolute atomic E-state index is 0.0984. The van der Waals surface area contributed by atoms with Gasteiger partial charge in [0.25, 0.3) is 0 Å². The van der Waals surface area contributed by atoms with Crippen molar-refractivity contribution in [2.24, 2.45) is 0 Å². The predicted molar refractivity (Wildman–Crippen MR) is 76.9 cm³/mol. The molecule has 0 aliphatic carbocycles. The lowest BCUT2D eigenvalue weighted by Gasteiger charge is -2.10. The first-order valence-electron chi connectivity index (χ1n) is 5.38. The molecule has 0 aromatic heterocycles. The van der Waals surface area contributed by atoms with Crippen molar-refractivity contribution in [1.82, 2.24) is 0 Å². The van der Waals surface area contributed by atoms with Crippen molar-refractivity contribution < 1.29 is 9.66 Å². The molecule has 0 heterocycles. The van der Waals surface area contributed by atoms with Crippen LogP contribution in [0.15, 0.2) is 46.9 Å². The number of hydrogen-bond donors (Lipinski definition) is 0. The van der Waals surface area contributed by atoms with Gasteiger partial charge in [0.15, 0.2) is 0 Å². The number of ether oxygens (including phenoxy) is 1. The van der Waals surface area contributed by atoms with Crippen LogP contribution in [0.1, 0.15) is 5.56 Å². The third-order valence-electron chi connectivity index (χ3n) is 2.47. The van der Waals surface area contributed by atoms with E-state index in [0.717, 1.165) is 5.56 Å². The summed E-state index contributed by atoms with van der Waals surface area (Å²) in [5.74, 6) is 0.951. The van der Waals surface area contributed by atoms with Crippen molar-refractivity contribution in [3.63, 3.8) is 0 Å². The Hall–Kier alpha value is -1.59. The maximum atomic E-state index is 11.0. The molecule has 0 amide bonds. The smallest absolute Gasteiger partial charge is 0.312 e. The van der Waals surface area contributed by atoms with Gasteiger partial charge in [-0.15, -0.1) is 11.6 Å². The molecule has 0 saturated heterocycles. The van der Waals surface area contributed by atoms with Gasteiger partial charge in [0.05, 0.1) is 15.3 Å². The number of alkyl halides is 1. The fourth-order valence-electron chi connectivity index (χ4n) is 1.57. The van der Waals surface area contributed by atoms with E-state index in [1.807, 2.05) is 12.1 Å². The van der Waals surface area contributed by atoms with Crippen molar-refractivity contribution in [1.29, 1.82) is 0 Å². The second-order valence-corrected chi connectivity index (χ2v) is 4.81. The van der Waals surface area contributed by atoms with Crippen LogP contribution >= 0.6 is 27.5 Å². The molecule has 0 bridgehead atoms. The van der Waals surface area contributed by atoms with Crippen LogP contribution in [0.25, 0.3) is 0 Å². The third-order valence-corrected chi connectivity index (χ3v) is 3.38. The van der Waals surface area contributed by atoms with Crippen LogP contribution in [0.4, 0.5) is 5.69 Å². The fraction of sp³-hybridized carbons (Fsp3) is 0.0769. The standard InChI is InChI=1S/C13H9BrClNO3/c14-10-5-3-6-11(16(17)18)13(10)19-12-7-2-1-4-9(12)8-15/h1-7H,8H2. The van der Waals surface area contributed by atoms with Crippen LogP contribution in [-0.2, 0) is 5.88 Å². The van der Waals surface area contributed by atoms with Crippen LogP contribution in [0.2, 0.25) is 0 Å². The van der Waals surface area contributed by atoms with Crippen LogP contribution in [0, 0.1) is 10.1 Å². The van der Waals surface area contributed by atoms with E-state index in [-0.39, 0.29) is 17.3 Å². The highest BCUT2D eigenvalue weighted by Crippen LogP contribution is 2.39. The summed E-state index contributed by atoms with van der Waals surface area (Å²) in [6.07, 6.45) is 0. The summed E-state index contributed by atoms with van der Waals surface area (Å²) < 4.78 is 6.17. The number of benzene rings is 2. The Morgan fingerprint density at radius 3 is 2.63 bits per heavy atom. The lowest BCUT2D eigenvalue weighted by Crippen LogP contribution is -1.96. The van der Waals surface area contributed by atoms with Crippen LogP contribution in [-0.4, -0.2) is 4.92 Å². The SMILES string of the molecule is O=[N+]([O-])c1cccc(Br)c1Oc1ccccc1CCl. The second kappa shape index (κ2) is 6.04. The molecule has 0 spiro atoms. The number of halogens is 2. The van der Waals surface area contributed by atoms with Crippen molar-refractivity contribution in [2.45, 2.75) is 5.88 Å². The fourth-order valence-corrected chi connectivity index (χ4v) is 2.22. The maximum Gasteiger partial charge on any atom is 0.312 e. The number of para-hydroxylation sites is 2. The van der Waals surface area contributed by atoms with Crippen LogP contribution in [0.3, 0.4) is 0 Å². The van der Waals surface area contributed by atoms with Gasteiger partial charge < -0.3 is 4.74 Å². The Balaban J connectivity index is 2.46. The molecule has 0 N–H and O–H groups in total. The zero-order valence-electron chi connectivity index (χ0n) is 9.68. The van der Waals surface area contributed by atoms with E-state index in [4.69, 9.17) is 16.3 Å². The van der Waals surface area contributed by atoms with Crippen LogP contribution in [0.5, 0.6) is 11.5 Å². The zero-order chi connectivity index (χ0) is 13.8. The molecule has 4 nitrogen and oxygen atoms in total. The molecule has 0 atom stereocenters. The number of nitrogens with zero attached hydrogens (tertiary/aromatic N) is 1. The highest BCUT2D eigenvalue weighted by atomic mass is 79.9. The molecule has 19 heavy (non-hydrogen) atoms. The maximum absolute atomic E-state index is 11.0. The van der Waals surface area contributed by atoms with E-state index in [1.165, 1.54) is 6.07 Å². The average Bonchev–Trinajstić information content (AvgIpc) is 2.41. The summed E-state index contributed by atoms with van der Waals surface area (Å²) in [5.41, 5.74) is 0.674. The average molecular weight is 343 g/mol. The van der Waals surface area contributed by atoms with Crippen molar-refractivity contribution in [2.75, 3.05) is 0 Å². The van der Waals surface area contributed by atoms with E-state index < -0.39 is 4.92 Å². The summed E-state index contributed by atoms with van der Waals surface area (Å²) in [6.45, 7) is 0. The highest BCUT2D eigenvalue weighted by Gasteiger charge is 2.19. The van der Waals surface area contributed by atoms with Crippen molar-refractivity contribution in [3.05, 3.63) is 62.6 Å². The summed E-state index contributed by atoms with van der Waals surface area (Å²) in [6, 6.07) is 11.8. The van der Waals surface area contributed by atoms with Gasteiger partial charge in [-0.25, -0.2) is 0 Å². The van der Waals surface area contributed by atoms with Gasteiger partial charge in [-0.2, -0.15) is 0 Å². The number of rotatable bonds is 4. The normalized spacial score (nSPS) is 10.2. The molecule has 0 saturated carbocycles. The minimum atomic E-state index is -0.483. The monoisotopic (exact) mass is 341 g/mol. The molecule has 0 radical (unpaired) electrons. The first kappa shape index (κ1) is 13.8. The van der Waals surface area contributed by atoms with Gasteiger partial charge >= 0.3 is 5.69 Å². The van der Waals surface area contributed by atoms with Gasteiger partial charge in [0.2, 0.25) is 5.75 Å².